The van der Waals surface area contributed by atoms with Gasteiger partial charge in [0.15, 0.2) is 0 Å². The van der Waals surface area contributed by atoms with E-state index in [0.29, 0.717) is 5.58 Å². The smallest absolute Gasteiger partial charge is 0.336 e. The number of nitrogens with zero attached hydrogens (tertiary/aromatic N) is 1. The Hall–Kier alpha value is -2.46. The van der Waals surface area contributed by atoms with Crippen LogP contribution in [0.1, 0.15) is 0 Å². The second kappa shape index (κ2) is 4.28. The summed E-state index contributed by atoms with van der Waals surface area (Å²) in [5.74, 6) is 0. The van der Waals surface area contributed by atoms with Gasteiger partial charge in [-0.15, -0.1) is 11.3 Å². The third-order valence-corrected chi connectivity index (χ3v) is 4.33. The number of fused-ring (bicyclic) bond motifs is 3. The van der Waals surface area contributed by atoms with E-state index >= 15 is 0 Å². The number of rotatable bonds is 1. The minimum atomic E-state index is -0.329. The molecule has 2 heterocycles. The lowest BCUT2D eigenvalue weighted by Gasteiger charge is -1.95. The largest absolute Gasteiger partial charge is 0.423 e. The number of hydrogen-bond acceptors (Lipinski definition) is 4. The van der Waals surface area contributed by atoms with Crippen molar-refractivity contribution in [3.05, 3.63) is 65.0 Å². The fourth-order valence-electron chi connectivity index (χ4n) is 2.24. The summed E-state index contributed by atoms with van der Waals surface area (Å²) in [6, 6.07) is 17.0. The Morgan fingerprint density at radius 3 is 2.65 bits per heavy atom. The van der Waals surface area contributed by atoms with Gasteiger partial charge in [0.2, 0.25) is 0 Å². The van der Waals surface area contributed by atoms with E-state index in [1.165, 1.54) is 6.07 Å². The van der Waals surface area contributed by atoms with E-state index in [2.05, 4.69) is 4.98 Å². The fourth-order valence-corrected chi connectivity index (χ4v) is 3.33. The van der Waals surface area contributed by atoms with E-state index in [1.807, 2.05) is 36.4 Å². The lowest BCUT2D eigenvalue weighted by molar-refractivity contribution is 0.561. The molecular formula is C16H9NO2S. The van der Waals surface area contributed by atoms with Crippen molar-refractivity contribution in [1.29, 1.82) is 0 Å². The van der Waals surface area contributed by atoms with Crippen LogP contribution in [-0.4, -0.2) is 4.98 Å². The molecule has 96 valence electrons. The highest BCUT2D eigenvalue weighted by atomic mass is 32.1. The molecule has 2 aromatic heterocycles. The molecule has 0 radical (unpaired) electrons. The molecule has 0 bridgehead atoms. The summed E-state index contributed by atoms with van der Waals surface area (Å²) in [5.41, 5.74) is 2.30. The first-order valence-electron chi connectivity index (χ1n) is 6.20. The molecular weight excluding hydrogens is 270 g/mol. The maximum absolute atomic E-state index is 11.3. The minimum Gasteiger partial charge on any atom is -0.423 e. The van der Waals surface area contributed by atoms with Gasteiger partial charge in [-0.05, 0) is 18.2 Å². The van der Waals surface area contributed by atoms with Crippen LogP contribution in [0.25, 0.3) is 31.8 Å². The van der Waals surface area contributed by atoms with E-state index in [-0.39, 0.29) is 5.63 Å². The Bertz CT molecular complexity index is 970. The van der Waals surface area contributed by atoms with Crippen LogP contribution in [0.15, 0.2) is 63.8 Å². The first kappa shape index (κ1) is 11.4. The first-order valence-corrected chi connectivity index (χ1v) is 7.02. The predicted octanol–water partition coefficient (Wildman–Crippen LogP) is 4.07. The highest BCUT2D eigenvalue weighted by Crippen LogP contribution is 2.34. The van der Waals surface area contributed by atoms with Gasteiger partial charge >= 0.3 is 5.63 Å². The van der Waals surface area contributed by atoms with Gasteiger partial charge in [0.05, 0.1) is 10.2 Å². The maximum atomic E-state index is 11.3. The molecule has 4 heteroatoms. The molecule has 0 aliphatic carbocycles. The summed E-state index contributed by atoms with van der Waals surface area (Å²) < 4.78 is 6.25. The quantitative estimate of drug-likeness (QED) is 0.493. The molecule has 0 saturated heterocycles. The Kier molecular flexibility index (Phi) is 2.44. The van der Waals surface area contributed by atoms with Crippen molar-refractivity contribution >= 4 is 32.5 Å². The van der Waals surface area contributed by atoms with E-state index in [4.69, 9.17) is 4.42 Å². The summed E-state index contributed by atoms with van der Waals surface area (Å²) in [7, 11) is 0. The number of aromatic nitrogens is 1. The molecule has 0 fully saturated rings. The Morgan fingerprint density at radius 1 is 0.950 bits per heavy atom. The zero-order valence-corrected chi connectivity index (χ0v) is 11.2. The van der Waals surface area contributed by atoms with Gasteiger partial charge in [-0.3, -0.25) is 0 Å². The first-order chi connectivity index (χ1) is 9.81. The fraction of sp³-hybridized carbons (Fsp3) is 0. The molecule has 4 aromatic rings. The van der Waals surface area contributed by atoms with Gasteiger partial charge < -0.3 is 4.42 Å². The number of hydrogen-bond donors (Lipinski definition) is 0. The van der Waals surface area contributed by atoms with Gasteiger partial charge in [0.1, 0.15) is 10.6 Å². The molecule has 2 aromatic carbocycles. The SMILES string of the molecule is O=c1ccc2c(ccc3nc(-c4ccccc4)sc32)o1. The predicted molar refractivity (Wildman–Crippen MR) is 81.1 cm³/mol. The van der Waals surface area contributed by atoms with Crippen molar-refractivity contribution in [2.75, 3.05) is 0 Å². The second-order valence-electron chi connectivity index (χ2n) is 4.47. The standard InChI is InChI=1S/C16H9NO2S/c18-14-9-6-11-13(19-14)8-7-12-15(11)20-16(17-12)10-4-2-1-3-5-10/h1-9H. The second-order valence-corrected chi connectivity index (χ2v) is 5.46. The molecule has 4 rings (SSSR count). The van der Waals surface area contributed by atoms with E-state index in [9.17, 15) is 4.79 Å². The maximum Gasteiger partial charge on any atom is 0.336 e. The monoisotopic (exact) mass is 279 g/mol. The van der Waals surface area contributed by atoms with Crippen LogP contribution in [0.3, 0.4) is 0 Å². The normalized spacial score (nSPS) is 11.2. The molecule has 3 nitrogen and oxygen atoms in total. The van der Waals surface area contributed by atoms with Crippen LogP contribution in [0.4, 0.5) is 0 Å². The zero-order valence-electron chi connectivity index (χ0n) is 10.4. The molecule has 0 unspecified atom stereocenters. The summed E-state index contributed by atoms with van der Waals surface area (Å²) in [6.07, 6.45) is 0. The van der Waals surface area contributed by atoms with Crippen LogP contribution in [0.5, 0.6) is 0 Å². The van der Waals surface area contributed by atoms with Crippen molar-refractivity contribution in [3.8, 4) is 10.6 Å². The van der Waals surface area contributed by atoms with E-state index in [0.717, 1.165) is 26.2 Å². The van der Waals surface area contributed by atoms with Crippen molar-refractivity contribution in [2.45, 2.75) is 0 Å². The average Bonchev–Trinajstić information content (AvgIpc) is 2.92. The Morgan fingerprint density at radius 2 is 1.80 bits per heavy atom. The van der Waals surface area contributed by atoms with Crippen LogP contribution >= 0.6 is 11.3 Å². The molecule has 0 N–H and O–H groups in total. The molecule has 0 spiro atoms. The molecule has 0 aliphatic heterocycles. The number of thiazole rings is 1. The van der Waals surface area contributed by atoms with Gasteiger partial charge in [-0.2, -0.15) is 0 Å². The van der Waals surface area contributed by atoms with Crippen molar-refractivity contribution in [1.82, 2.24) is 4.98 Å². The highest BCUT2D eigenvalue weighted by Gasteiger charge is 2.10. The van der Waals surface area contributed by atoms with Crippen LogP contribution in [0, 0.1) is 0 Å². The van der Waals surface area contributed by atoms with Gasteiger partial charge in [-0.25, -0.2) is 9.78 Å². The topological polar surface area (TPSA) is 43.1 Å². The van der Waals surface area contributed by atoms with Crippen LogP contribution < -0.4 is 5.63 Å². The van der Waals surface area contributed by atoms with E-state index in [1.54, 1.807) is 23.5 Å². The van der Waals surface area contributed by atoms with Gasteiger partial charge in [-0.1, -0.05) is 30.3 Å². The molecule has 20 heavy (non-hydrogen) atoms. The molecule has 0 amide bonds. The molecule has 0 saturated carbocycles. The van der Waals surface area contributed by atoms with Crippen molar-refractivity contribution in [2.24, 2.45) is 0 Å². The van der Waals surface area contributed by atoms with Crippen molar-refractivity contribution in [3.63, 3.8) is 0 Å². The van der Waals surface area contributed by atoms with E-state index < -0.39 is 0 Å². The lowest BCUT2D eigenvalue weighted by atomic mass is 10.2. The summed E-state index contributed by atoms with van der Waals surface area (Å²) in [6.45, 7) is 0. The lowest BCUT2D eigenvalue weighted by Crippen LogP contribution is -1.93. The van der Waals surface area contributed by atoms with Crippen molar-refractivity contribution < 1.29 is 4.42 Å². The summed E-state index contributed by atoms with van der Waals surface area (Å²) in [4.78, 5) is 15.9. The minimum absolute atomic E-state index is 0.329. The summed E-state index contributed by atoms with van der Waals surface area (Å²) in [5, 5.41) is 1.90. The Labute approximate surface area is 118 Å². The number of benzene rings is 2. The third-order valence-electron chi connectivity index (χ3n) is 3.17. The average molecular weight is 279 g/mol. The van der Waals surface area contributed by atoms with Crippen LogP contribution in [-0.2, 0) is 0 Å². The van der Waals surface area contributed by atoms with Gasteiger partial charge in [0.25, 0.3) is 0 Å². The zero-order chi connectivity index (χ0) is 13.5. The van der Waals surface area contributed by atoms with Gasteiger partial charge in [0, 0.05) is 17.0 Å². The Balaban J connectivity index is 2.04. The summed E-state index contributed by atoms with van der Waals surface area (Å²) >= 11 is 1.61. The highest BCUT2D eigenvalue weighted by molar-refractivity contribution is 7.22. The molecule has 0 atom stereocenters. The molecule has 0 aliphatic rings. The van der Waals surface area contributed by atoms with Crippen LogP contribution in [0.2, 0.25) is 0 Å². The third kappa shape index (κ3) is 1.73.